The van der Waals surface area contributed by atoms with E-state index in [2.05, 4.69) is 10.1 Å². The summed E-state index contributed by atoms with van der Waals surface area (Å²) in [7, 11) is 3.08. The standard InChI is InChI=1S/C20H18F3NO4/c1-26-18-9-13-7-8-24-16(15(13)10-19(18)27-2)11-17(25)12-3-5-14(6-4-12)28-20(21,22)23/h3-6,9-11,24H,7-8H2,1-2H3. The first-order chi connectivity index (χ1) is 13.3. The molecule has 1 aliphatic rings. The van der Waals surface area contributed by atoms with Crippen LogP contribution in [0.4, 0.5) is 13.2 Å². The molecular weight excluding hydrogens is 375 g/mol. The van der Waals surface area contributed by atoms with Gasteiger partial charge >= 0.3 is 6.36 Å². The van der Waals surface area contributed by atoms with Crippen molar-refractivity contribution in [3.8, 4) is 17.2 Å². The first-order valence-electron chi connectivity index (χ1n) is 8.41. The molecule has 0 amide bonds. The Morgan fingerprint density at radius 3 is 2.32 bits per heavy atom. The molecule has 3 rings (SSSR count). The predicted molar refractivity (Wildman–Crippen MR) is 96.7 cm³/mol. The third-order valence-electron chi connectivity index (χ3n) is 4.26. The van der Waals surface area contributed by atoms with Crippen LogP contribution < -0.4 is 19.5 Å². The molecule has 0 saturated heterocycles. The highest BCUT2D eigenvalue weighted by molar-refractivity contribution is 6.08. The monoisotopic (exact) mass is 393 g/mol. The van der Waals surface area contributed by atoms with Crippen LogP contribution in [0.3, 0.4) is 0 Å². The maximum absolute atomic E-state index is 12.6. The van der Waals surface area contributed by atoms with Gasteiger partial charge < -0.3 is 19.5 Å². The van der Waals surface area contributed by atoms with E-state index in [4.69, 9.17) is 9.47 Å². The van der Waals surface area contributed by atoms with Gasteiger partial charge in [0.15, 0.2) is 17.3 Å². The van der Waals surface area contributed by atoms with E-state index in [1.165, 1.54) is 25.3 Å². The van der Waals surface area contributed by atoms with Crippen molar-refractivity contribution in [3.05, 3.63) is 59.2 Å². The number of ether oxygens (including phenoxy) is 3. The van der Waals surface area contributed by atoms with Gasteiger partial charge in [-0.25, -0.2) is 0 Å². The molecular formula is C20H18F3NO4. The molecule has 148 valence electrons. The van der Waals surface area contributed by atoms with Gasteiger partial charge in [0.2, 0.25) is 0 Å². The molecule has 0 unspecified atom stereocenters. The van der Waals surface area contributed by atoms with Gasteiger partial charge in [-0.05, 0) is 48.4 Å². The molecule has 1 heterocycles. The fraction of sp³-hybridized carbons (Fsp3) is 0.250. The number of rotatable bonds is 5. The van der Waals surface area contributed by atoms with Crippen molar-refractivity contribution in [2.24, 2.45) is 0 Å². The lowest BCUT2D eigenvalue weighted by Crippen LogP contribution is -2.23. The molecule has 0 saturated carbocycles. The number of carbonyl (C=O) groups is 1. The van der Waals surface area contributed by atoms with Gasteiger partial charge in [0.05, 0.1) is 14.2 Å². The normalized spacial score (nSPS) is 14.8. The molecule has 2 aromatic carbocycles. The first-order valence-corrected chi connectivity index (χ1v) is 8.41. The Balaban J connectivity index is 1.87. The van der Waals surface area contributed by atoms with E-state index in [9.17, 15) is 18.0 Å². The molecule has 1 aliphatic heterocycles. The zero-order chi connectivity index (χ0) is 20.3. The molecule has 0 aliphatic carbocycles. The molecule has 2 aromatic rings. The third kappa shape index (κ3) is 4.39. The second-order valence-electron chi connectivity index (χ2n) is 6.04. The van der Waals surface area contributed by atoms with Gasteiger partial charge in [-0.2, -0.15) is 0 Å². The van der Waals surface area contributed by atoms with Crippen molar-refractivity contribution in [3.63, 3.8) is 0 Å². The van der Waals surface area contributed by atoms with E-state index >= 15 is 0 Å². The minimum absolute atomic E-state index is 0.247. The summed E-state index contributed by atoms with van der Waals surface area (Å²) in [6.45, 7) is 0.639. The summed E-state index contributed by atoms with van der Waals surface area (Å²) in [5, 5.41) is 3.18. The number of benzene rings is 2. The van der Waals surface area contributed by atoms with Gasteiger partial charge in [-0.15, -0.1) is 13.2 Å². The van der Waals surface area contributed by atoms with Crippen molar-refractivity contribution in [1.82, 2.24) is 5.32 Å². The molecule has 0 spiro atoms. The number of alkyl halides is 3. The van der Waals surface area contributed by atoms with Gasteiger partial charge in [0.1, 0.15) is 5.75 Å². The molecule has 0 radical (unpaired) electrons. The number of hydrogen-bond donors (Lipinski definition) is 1. The summed E-state index contributed by atoms with van der Waals surface area (Å²) < 4.78 is 51.2. The van der Waals surface area contributed by atoms with Crippen molar-refractivity contribution in [1.29, 1.82) is 0 Å². The second kappa shape index (κ2) is 7.84. The van der Waals surface area contributed by atoms with E-state index in [1.807, 2.05) is 6.07 Å². The second-order valence-corrected chi connectivity index (χ2v) is 6.04. The maximum Gasteiger partial charge on any atom is 0.573 e. The Hall–Kier alpha value is -3.16. The van der Waals surface area contributed by atoms with Crippen LogP contribution in [0.2, 0.25) is 0 Å². The summed E-state index contributed by atoms with van der Waals surface area (Å²) >= 11 is 0. The highest BCUT2D eigenvalue weighted by atomic mass is 19.4. The lowest BCUT2D eigenvalue weighted by atomic mass is 9.95. The summed E-state index contributed by atoms with van der Waals surface area (Å²) in [4.78, 5) is 12.6. The van der Waals surface area contributed by atoms with Crippen molar-refractivity contribution in [2.75, 3.05) is 20.8 Å². The maximum atomic E-state index is 12.6. The Bertz CT molecular complexity index is 905. The Kier molecular flexibility index (Phi) is 5.48. The quantitative estimate of drug-likeness (QED) is 0.615. The Morgan fingerprint density at radius 2 is 1.71 bits per heavy atom. The molecule has 28 heavy (non-hydrogen) atoms. The van der Waals surface area contributed by atoms with Gasteiger partial charge in [-0.1, -0.05) is 0 Å². The van der Waals surface area contributed by atoms with Crippen LogP contribution in [-0.4, -0.2) is 32.9 Å². The minimum atomic E-state index is -4.77. The highest BCUT2D eigenvalue weighted by Crippen LogP contribution is 2.35. The number of carbonyl (C=O) groups excluding carboxylic acids is 1. The zero-order valence-electron chi connectivity index (χ0n) is 15.2. The molecule has 8 heteroatoms. The lowest BCUT2D eigenvalue weighted by Gasteiger charge is -2.23. The van der Waals surface area contributed by atoms with Gasteiger partial charge in [-0.3, -0.25) is 4.79 Å². The van der Waals surface area contributed by atoms with Crippen LogP contribution in [0.25, 0.3) is 5.70 Å². The molecule has 5 nitrogen and oxygen atoms in total. The minimum Gasteiger partial charge on any atom is -0.493 e. The van der Waals surface area contributed by atoms with Crippen molar-refractivity contribution in [2.45, 2.75) is 12.8 Å². The van der Waals surface area contributed by atoms with E-state index in [1.54, 1.807) is 13.2 Å². The predicted octanol–water partition coefficient (Wildman–Crippen LogP) is 3.97. The van der Waals surface area contributed by atoms with Crippen LogP contribution in [0.1, 0.15) is 21.5 Å². The highest BCUT2D eigenvalue weighted by Gasteiger charge is 2.31. The van der Waals surface area contributed by atoms with Crippen LogP contribution >= 0.6 is 0 Å². The van der Waals surface area contributed by atoms with E-state index < -0.39 is 6.36 Å². The molecule has 1 N–H and O–H groups in total. The van der Waals surface area contributed by atoms with Crippen LogP contribution in [0, 0.1) is 0 Å². The topological polar surface area (TPSA) is 56.8 Å². The summed E-state index contributed by atoms with van der Waals surface area (Å²) in [5.74, 6) is 0.421. The van der Waals surface area contributed by atoms with Gasteiger partial charge in [0.25, 0.3) is 0 Å². The Morgan fingerprint density at radius 1 is 1.07 bits per heavy atom. The summed E-state index contributed by atoms with van der Waals surface area (Å²) in [6.07, 6.45) is -2.60. The molecule has 0 bridgehead atoms. The van der Waals surface area contributed by atoms with Crippen molar-refractivity contribution < 1.29 is 32.2 Å². The fourth-order valence-electron chi connectivity index (χ4n) is 2.97. The van der Waals surface area contributed by atoms with E-state index in [0.717, 1.165) is 29.7 Å². The van der Waals surface area contributed by atoms with Gasteiger partial charge in [0, 0.05) is 29.4 Å². The largest absolute Gasteiger partial charge is 0.573 e. The number of nitrogens with one attached hydrogen (secondary N) is 1. The first kappa shape index (κ1) is 19.6. The number of allylic oxidation sites excluding steroid dienone is 1. The van der Waals surface area contributed by atoms with Crippen LogP contribution in [0.15, 0.2) is 42.5 Å². The SMILES string of the molecule is COc1cc2c(cc1OC)C(=CC(=O)c1ccc(OC(F)(F)F)cc1)NCC2. The smallest absolute Gasteiger partial charge is 0.493 e. The number of fused-ring (bicyclic) bond motifs is 1. The third-order valence-corrected chi connectivity index (χ3v) is 4.26. The fourth-order valence-corrected chi connectivity index (χ4v) is 2.97. The lowest BCUT2D eigenvalue weighted by molar-refractivity contribution is -0.274. The average Bonchev–Trinajstić information content (AvgIpc) is 2.66. The van der Waals surface area contributed by atoms with E-state index in [0.29, 0.717) is 23.7 Å². The number of methoxy groups -OCH3 is 2. The average molecular weight is 393 g/mol. The summed E-state index contributed by atoms with van der Waals surface area (Å²) in [5.41, 5.74) is 2.68. The Labute approximate surface area is 159 Å². The number of halogens is 3. The van der Waals surface area contributed by atoms with E-state index in [-0.39, 0.29) is 17.1 Å². The molecule has 0 aromatic heterocycles. The van der Waals surface area contributed by atoms with Crippen LogP contribution in [-0.2, 0) is 6.42 Å². The molecule has 0 fully saturated rings. The van der Waals surface area contributed by atoms with Crippen molar-refractivity contribution >= 4 is 11.5 Å². The molecule has 0 atom stereocenters. The zero-order valence-corrected chi connectivity index (χ0v) is 15.2. The number of hydrogen-bond acceptors (Lipinski definition) is 5. The number of ketones is 1. The summed E-state index contributed by atoms with van der Waals surface area (Å²) in [6, 6.07) is 8.46. The van der Waals surface area contributed by atoms with Crippen LogP contribution in [0.5, 0.6) is 17.2 Å².